The first kappa shape index (κ1) is 17.6. The maximum Gasteiger partial charge on any atom is 0.417 e. The Kier molecular flexibility index (Phi) is 5.19. The van der Waals surface area contributed by atoms with Crippen molar-refractivity contribution in [1.82, 2.24) is 4.90 Å². The molecule has 2 rings (SSSR count). The number of piperidine rings is 1. The van der Waals surface area contributed by atoms with Gasteiger partial charge in [-0.25, -0.2) is 0 Å². The fourth-order valence-corrected chi connectivity index (χ4v) is 2.75. The lowest BCUT2D eigenvalue weighted by atomic mass is 10.0. The smallest absolute Gasteiger partial charge is 0.334 e. The number of carbonyl (C=O) groups is 2. The fourth-order valence-electron chi connectivity index (χ4n) is 2.52. The Morgan fingerprint density at radius 3 is 2.65 bits per heavy atom. The number of alkyl halides is 3. The first-order valence-electron chi connectivity index (χ1n) is 7.15. The minimum Gasteiger partial charge on any atom is -0.334 e. The number of nitrogens with zero attached hydrogens (tertiary/aromatic N) is 1. The molecule has 0 aliphatic carbocycles. The van der Waals surface area contributed by atoms with Gasteiger partial charge in [-0.15, -0.1) is 0 Å². The molecule has 8 heteroatoms. The number of hydrogen-bond donors (Lipinski definition) is 1. The summed E-state index contributed by atoms with van der Waals surface area (Å²) in [5.41, 5.74) is -1.18. The maximum absolute atomic E-state index is 12.8. The molecular weight excluding hydrogens is 333 g/mol. The van der Waals surface area contributed by atoms with E-state index < -0.39 is 28.6 Å². The number of carbonyl (C=O) groups excluding carboxylic acids is 2. The summed E-state index contributed by atoms with van der Waals surface area (Å²) < 4.78 is 38.4. The molecule has 1 heterocycles. The highest BCUT2D eigenvalue weighted by atomic mass is 35.5. The Labute approximate surface area is 136 Å². The molecule has 1 saturated heterocycles. The molecule has 4 nitrogen and oxygen atoms in total. The molecule has 1 fully saturated rings. The second-order valence-electron chi connectivity index (χ2n) is 5.65. The van der Waals surface area contributed by atoms with Crippen LogP contribution in [0.2, 0.25) is 5.02 Å². The van der Waals surface area contributed by atoms with Crippen molar-refractivity contribution in [3.05, 3.63) is 28.8 Å². The monoisotopic (exact) mass is 348 g/mol. The van der Waals surface area contributed by atoms with Gasteiger partial charge in [0.2, 0.25) is 0 Å². The fraction of sp³-hybridized carbons (Fsp3) is 0.467. The standard InChI is InChI=1S/C15H16ClF3N2O2/c1-9-3-2-6-21(8-9)14(23)13(22)20-10-4-5-12(16)11(7-10)15(17,18)19/h4-5,7,9H,2-3,6,8H2,1H3,(H,20,22). The number of anilines is 1. The number of hydrogen-bond acceptors (Lipinski definition) is 2. The minimum atomic E-state index is -4.63. The van der Waals surface area contributed by atoms with Crippen molar-refractivity contribution in [2.45, 2.75) is 25.9 Å². The highest BCUT2D eigenvalue weighted by Gasteiger charge is 2.34. The maximum atomic E-state index is 12.8. The number of rotatable bonds is 1. The number of amides is 2. The van der Waals surface area contributed by atoms with E-state index in [-0.39, 0.29) is 5.69 Å². The Morgan fingerprint density at radius 2 is 2.04 bits per heavy atom. The van der Waals surface area contributed by atoms with Gasteiger partial charge < -0.3 is 10.2 Å². The van der Waals surface area contributed by atoms with Crippen molar-refractivity contribution in [3.63, 3.8) is 0 Å². The van der Waals surface area contributed by atoms with Crippen molar-refractivity contribution in [2.75, 3.05) is 18.4 Å². The third kappa shape index (κ3) is 4.37. The van der Waals surface area contributed by atoms with E-state index in [9.17, 15) is 22.8 Å². The topological polar surface area (TPSA) is 49.4 Å². The third-order valence-electron chi connectivity index (χ3n) is 3.67. The molecule has 0 bridgehead atoms. The van der Waals surface area contributed by atoms with Gasteiger partial charge in [-0.05, 0) is 37.0 Å². The van der Waals surface area contributed by atoms with Gasteiger partial charge in [-0.2, -0.15) is 13.2 Å². The van der Waals surface area contributed by atoms with Crippen molar-refractivity contribution >= 4 is 29.1 Å². The summed E-state index contributed by atoms with van der Waals surface area (Å²) in [7, 11) is 0. The normalized spacial score (nSPS) is 18.7. The van der Waals surface area contributed by atoms with Crippen LogP contribution < -0.4 is 5.32 Å². The van der Waals surface area contributed by atoms with Crippen LogP contribution in [-0.2, 0) is 15.8 Å². The summed E-state index contributed by atoms with van der Waals surface area (Å²) >= 11 is 5.51. The molecule has 1 aliphatic heterocycles. The molecule has 2 amide bonds. The Hall–Kier alpha value is -1.76. The zero-order chi connectivity index (χ0) is 17.2. The highest BCUT2D eigenvalue weighted by molar-refractivity contribution is 6.39. The second kappa shape index (κ2) is 6.78. The van der Waals surface area contributed by atoms with Crippen molar-refractivity contribution in [2.24, 2.45) is 5.92 Å². The Morgan fingerprint density at radius 1 is 1.35 bits per heavy atom. The summed E-state index contributed by atoms with van der Waals surface area (Å²) in [6, 6.07) is 2.97. The van der Waals surface area contributed by atoms with E-state index in [0.29, 0.717) is 25.1 Å². The molecule has 0 spiro atoms. The zero-order valence-corrected chi connectivity index (χ0v) is 13.2. The summed E-state index contributed by atoms with van der Waals surface area (Å²) in [6.07, 6.45) is -2.85. The molecule has 1 aliphatic rings. The van der Waals surface area contributed by atoms with Gasteiger partial charge in [0, 0.05) is 18.8 Å². The van der Waals surface area contributed by atoms with Gasteiger partial charge in [0.1, 0.15) is 0 Å². The molecule has 1 unspecified atom stereocenters. The molecule has 0 saturated carbocycles. The molecule has 1 aromatic rings. The van der Waals surface area contributed by atoms with Crippen LogP contribution in [0.4, 0.5) is 18.9 Å². The van der Waals surface area contributed by atoms with Crippen LogP contribution in [-0.4, -0.2) is 29.8 Å². The van der Waals surface area contributed by atoms with E-state index in [1.165, 1.54) is 11.0 Å². The first-order valence-corrected chi connectivity index (χ1v) is 7.53. The largest absolute Gasteiger partial charge is 0.417 e. The van der Waals surface area contributed by atoms with Crippen LogP contribution in [0.15, 0.2) is 18.2 Å². The van der Waals surface area contributed by atoms with Crippen LogP contribution >= 0.6 is 11.6 Å². The van der Waals surface area contributed by atoms with Gasteiger partial charge in [-0.3, -0.25) is 9.59 Å². The van der Waals surface area contributed by atoms with Crippen molar-refractivity contribution in [3.8, 4) is 0 Å². The molecule has 1 N–H and O–H groups in total. The number of halogens is 4. The second-order valence-corrected chi connectivity index (χ2v) is 6.05. The van der Waals surface area contributed by atoms with E-state index in [0.717, 1.165) is 18.9 Å². The average Bonchev–Trinajstić information content (AvgIpc) is 2.47. The molecule has 0 aromatic heterocycles. The quantitative estimate of drug-likeness (QED) is 0.789. The molecule has 1 atom stereocenters. The molecule has 126 valence electrons. The number of benzene rings is 1. The first-order chi connectivity index (χ1) is 10.7. The predicted molar refractivity (Wildman–Crippen MR) is 80.1 cm³/mol. The summed E-state index contributed by atoms with van der Waals surface area (Å²) in [4.78, 5) is 25.4. The number of likely N-dealkylation sites (tertiary alicyclic amines) is 1. The lowest BCUT2D eigenvalue weighted by molar-refractivity contribution is -0.144. The van der Waals surface area contributed by atoms with Crippen molar-refractivity contribution < 1.29 is 22.8 Å². The molecule has 23 heavy (non-hydrogen) atoms. The lowest BCUT2D eigenvalue weighted by Gasteiger charge is -2.30. The summed E-state index contributed by atoms with van der Waals surface area (Å²) in [5.74, 6) is -1.39. The van der Waals surface area contributed by atoms with Gasteiger partial charge in [0.25, 0.3) is 0 Å². The molecule has 0 radical (unpaired) electrons. The van der Waals surface area contributed by atoms with E-state index in [4.69, 9.17) is 11.6 Å². The SMILES string of the molecule is CC1CCCN(C(=O)C(=O)Nc2ccc(Cl)c(C(F)(F)F)c2)C1. The average molecular weight is 349 g/mol. The van der Waals surface area contributed by atoms with Gasteiger partial charge in [0.05, 0.1) is 10.6 Å². The third-order valence-corrected chi connectivity index (χ3v) is 4.00. The Balaban J connectivity index is 2.09. The van der Waals surface area contributed by atoms with Crippen molar-refractivity contribution in [1.29, 1.82) is 0 Å². The van der Waals surface area contributed by atoms with Crippen LogP contribution in [0.5, 0.6) is 0 Å². The van der Waals surface area contributed by atoms with Gasteiger partial charge >= 0.3 is 18.0 Å². The van der Waals surface area contributed by atoms with Crippen LogP contribution in [0.3, 0.4) is 0 Å². The molecule has 1 aromatic carbocycles. The molecular formula is C15H16ClF3N2O2. The zero-order valence-electron chi connectivity index (χ0n) is 12.4. The number of nitrogens with one attached hydrogen (secondary N) is 1. The summed E-state index contributed by atoms with van der Waals surface area (Å²) in [6.45, 7) is 2.93. The minimum absolute atomic E-state index is 0.120. The van der Waals surface area contributed by atoms with E-state index in [1.807, 2.05) is 6.92 Å². The highest BCUT2D eigenvalue weighted by Crippen LogP contribution is 2.36. The van der Waals surface area contributed by atoms with Gasteiger partial charge in [0.15, 0.2) is 0 Å². The van der Waals surface area contributed by atoms with E-state index >= 15 is 0 Å². The van der Waals surface area contributed by atoms with Crippen LogP contribution in [0.25, 0.3) is 0 Å². The summed E-state index contributed by atoms with van der Waals surface area (Å²) in [5, 5.41) is 1.74. The van der Waals surface area contributed by atoms with Crippen LogP contribution in [0, 0.1) is 5.92 Å². The van der Waals surface area contributed by atoms with Crippen LogP contribution in [0.1, 0.15) is 25.3 Å². The lowest BCUT2D eigenvalue weighted by Crippen LogP contribution is -2.44. The van der Waals surface area contributed by atoms with E-state index in [2.05, 4.69) is 5.32 Å². The Bertz CT molecular complexity index is 619. The van der Waals surface area contributed by atoms with E-state index in [1.54, 1.807) is 0 Å². The predicted octanol–water partition coefficient (Wildman–Crippen LogP) is 3.56. The van der Waals surface area contributed by atoms with Gasteiger partial charge in [-0.1, -0.05) is 18.5 Å².